The van der Waals surface area contributed by atoms with Crippen LogP contribution in [0.15, 0.2) is 41.4 Å². The number of aromatic nitrogens is 3. The first kappa shape index (κ1) is 23.1. The Bertz CT molecular complexity index is 1150. The summed E-state index contributed by atoms with van der Waals surface area (Å²) in [6.45, 7) is 2.60. The van der Waals surface area contributed by atoms with Crippen LogP contribution in [0.25, 0.3) is 0 Å². The van der Waals surface area contributed by atoms with Crippen molar-refractivity contribution in [3.63, 3.8) is 0 Å². The van der Waals surface area contributed by atoms with Gasteiger partial charge in [-0.3, -0.25) is 0 Å². The van der Waals surface area contributed by atoms with E-state index in [-0.39, 0.29) is 6.03 Å². The number of hydrogen-bond donors (Lipinski definition) is 1. The molecule has 0 radical (unpaired) electrons. The van der Waals surface area contributed by atoms with Gasteiger partial charge < -0.3 is 19.4 Å². The third-order valence-corrected chi connectivity index (χ3v) is 7.11. The number of nitrogens with one attached hydrogen (secondary N) is 1. The van der Waals surface area contributed by atoms with Crippen molar-refractivity contribution in [2.45, 2.75) is 38.3 Å². The third-order valence-electron chi connectivity index (χ3n) is 6.38. The van der Waals surface area contributed by atoms with Crippen molar-refractivity contribution in [3.8, 4) is 0 Å². The van der Waals surface area contributed by atoms with Crippen molar-refractivity contribution >= 4 is 29.2 Å². The molecule has 5 rings (SSSR count). The Balaban J connectivity index is 1.30. The highest BCUT2D eigenvalue weighted by Crippen LogP contribution is 2.29. The lowest BCUT2D eigenvalue weighted by Gasteiger charge is -2.30. The number of carbonyl (C=O) groups excluding carboxylic acids is 1. The van der Waals surface area contributed by atoms with Crippen LogP contribution in [0.4, 0.5) is 4.79 Å². The fourth-order valence-electron chi connectivity index (χ4n) is 4.42. The van der Waals surface area contributed by atoms with Gasteiger partial charge in [-0.05, 0) is 48.4 Å². The number of oxazole rings is 1. The fraction of sp³-hybridized carbons (Fsp3) is 0.417. The highest BCUT2D eigenvalue weighted by molar-refractivity contribution is 6.42. The van der Waals surface area contributed by atoms with Gasteiger partial charge in [0.25, 0.3) is 0 Å². The van der Waals surface area contributed by atoms with Crippen molar-refractivity contribution in [2.75, 3.05) is 19.8 Å². The van der Waals surface area contributed by atoms with Crippen LogP contribution >= 0.6 is 23.2 Å². The molecule has 0 unspecified atom stereocenters. The van der Waals surface area contributed by atoms with Gasteiger partial charge in [0, 0.05) is 32.4 Å². The molecule has 1 atom stereocenters. The number of benzene rings is 1. The Kier molecular flexibility index (Phi) is 6.99. The van der Waals surface area contributed by atoms with Crippen LogP contribution in [0, 0.1) is 5.92 Å². The number of ether oxygens (including phenoxy) is 1. The Labute approximate surface area is 207 Å². The Hall–Kier alpha value is -2.68. The molecule has 4 heterocycles. The summed E-state index contributed by atoms with van der Waals surface area (Å²) >= 11 is 12.3. The molecule has 0 bridgehead atoms. The second kappa shape index (κ2) is 10.3. The summed E-state index contributed by atoms with van der Waals surface area (Å²) in [6, 6.07) is 4.45. The number of hydrogen-bond acceptors (Lipinski definition) is 6. The van der Waals surface area contributed by atoms with Crippen LogP contribution in [0.1, 0.15) is 47.3 Å². The molecule has 8 nitrogen and oxygen atoms in total. The number of rotatable bonds is 5. The fourth-order valence-corrected chi connectivity index (χ4v) is 4.72. The average Bonchev–Trinajstić information content (AvgIpc) is 3.39. The van der Waals surface area contributed by atoms with E-state index in [9.17, 15) is 4.79 Å². The van der Waals surface area contributed by atoms with Gasteiger partial charge in [0.15, 0.2) is 12.2 Å². The minimum Gasteiger partial charge on any atom is -0.446 e. The smallest absolute Gasteiger partial charge is 0.318 e. The minimum atomic E-state index is -0.555. The van der Waals surface area contributed by atoms with Crippen molar-refractivity contribution < 1.29 is 13.9 Å². The number of carbonyl (C=O) groups is 1. The quantitative estimate of drug-likeness (QED) is 0.549. The van der Waals surface area contributed by atoms with E-state index < -0.39 is 6.04 Å². The van der Waals surface area contributed by atoms with Gasteiger partial charge in [0.2, 0.25) is 0 Å². The summed E-state index contributed by atoms with van der Waals surface area (Å²) in [7, 11) is 0. The molecular weight excluding hydrogens is 477 g/mol. The predicted octanol–water partition coefficient (Wildman–Crippen LogP) is 4.60. The number of nitrogens with zero attached hydrogens (tertiary/aromatic N) is 4. The van der Waals surface area contributed by atoms with Gasteiger partial charge in [0.1, 0.15) is 11.9 Å². The molecule has 3 aromatic rings. The van der Waals surface area contributed by atoms with E-state index in [4.69, 9.17) is 37.3 Å². The molecule has 0 aliphatic carbocycles. The van der Waals surface area contributed by atoms with Crippen LogP contribution < -0.4 is 5.32 Å². The molecule has 2 amide bonds. The lowest BCUT2D eigenvalue weighted by Crippen LogP contribution is -2.44. The van der Waals surface area contributed by atoms with Crippen LogP contribution in [0.2, 0.25) is 10.0 Å². The van der Waals surface area contributed by atoms with Gasteiger partial charge in [-0.25, -0.2) is 19.7 Å². The third kappa shape index (κ3) is 5.19. The molecule has 0 spiro atoms. The zero-order chi connectivity index (χ0) is 23.5. The van der Waals surface area contributed by atoms with Gasteiger partial charge in [-0.2, -0.15) is 0 Å². The summed E-state index contributed by atoms with van der Waals surface area (Å²) in [5, 5.41) is 3.90. The van der Waals surface area contributed by atoms with Gasteiger partial charge in [0.05, 0.1) is 28.5 Å². The molecule has 2 aliphatic heterocycles. The number of amides is 2. The van der Waals surface area contributed by atoms with E-state index >= 15 is 0 Å². The standard InChI is InChI=1S/C24H25Cl2N5O3/c25-18-2-1-16(10-19(18)26)23(21-12-27-14-34-21)30-24(32)31-6-3-17-11-28-22(29-20(17)13-31)9-15-4-7-33-8-5-15/h1-2,10-12,14-15,23H,3-9,13H2,(H,30,32)/t23-/m0/s1. The zero-order valence-electron chi connectivity index (χ0n) is 18.5. The van der Waals surface area contributed by atoms with Crippen molar-refractivity contribution in [2.24, 2.45) is 5.92 Å². The predicted molar refractivity (Wildman–Crippen MR) is 127 cm³/mol. The Morgan fingerprint density at radius 3 is 2.82 bits per heavy atom. The Morgan fingerprint density at radius 1 is 1.21 bits per heavy atom. The number of halogens is 2. The van der Waals surface area contributed by atoms with E-state index in [0.717, 1.165) is 55.1 Å². The molecule has 1 saturated heterocycles. The monoisotopic (exact) mass is 501 g/mol. The minimum absolute atomic E-state index is 0.220. The van der Waals surface area contributed by atoms with Gasteiger partial charge >= 0.3 is 6.03 Å². The highest BCUT2D eigenvalue weighted by atomic mass is 35.5. The number of fused-ring (bicyclic) bond motifs is 1. The largest absolute Gasteiger partial charge is 0.446 e. The first-order valence-corrected chi connectivity index (χ1v) is 12.1. The zero-order valence-corrected chi connectivity index (χ0v) is 20.1. The average molecular weight is 502 g/mol. The van der Waals surface area contributed by atoms with Crippen molar-refractivity contribution in [1.29, 1.82) is 0 Å². The first-order valence-electron chi connectivity index (χ1n) is 11.4. The maximum Gasteiger partial charge on any atom is 0.318 e. The second-order valence-electron chi connectivity index (χ2n) is 8.65. The van der Waals surface area contributed by atoms with Crippen LogP contribution in [-0.4, -0.2) is 45.6 Å². The van der Waals surface area contributed by atoms with E-state index in [0.29, 0.717) is 41.2 Å². The lowest BCUT2D eigenvalue weighted by molar-refractivity contribution is 0.0659. The molecule has 2 aliphatic rings. The van der Waals surface area contributed by atoms with Gasteiger partial charge in [-0.1, -0.05) is 29.3 Å². The second-order valence-corrected chi connectivity index (χ2v) is 9.46. The summed E-state index contributed by atoms with van der Waals surface area (Å²) in [5.41, 5.74) is 2.75. The molecule has 34 heavy (non-hydrogen) atoms. The Morgan fingerprint density at radius 2 is 2.06 bits per heavy atom. The summed E-state index contributed by atoms with van der Waals surface area (Å²) in [5.74, 6) is 1.89. The maximum atomic E-state index is 13.3. The van der Waals surface area contributed by atoms with Gasteiger partial charge in [-0.15, -0.1) is 0 Å². The highest BCUT2D eigenvalue weighted by Gasteiger charge is 2.27. The van der Waals surface area contributed by atoms with Crippen LogP contribution in [-0.2, 0) is 24.1 Å². The van der Waals surface area contributed by atoms with Crippen molar-refractivity contribution in [3.05, 3.63) is 75.4 Å². The van der Waals surface area contributed by atoms with E-state index in [1.165, 1.54) is 6.39 Å². The summed E-state index contributed by atoms with van der Waals surface area (Å²) in [6.07, 6.45) is 8.45. The molecule has 0 saturated carbocycles. The van der Waals surface area contributed by atoms with Crippen LogP contribution in [0.5, 0.6) is 0 Å². The lowest BCUT2D eigenvalue weighted by atomic mass is 9.96. The topological polar surface area (TPSA) is 93.4 Å². The molecule has 2 aromatic heterocycles. The van der Waals surface area contributed by atoms with E-state index in [1.54, 1.807) is 23.2 Å². The number of urea groups is 1. The summed E-state index contributed by atoms with van der Waals surface area (Å²) in [4.78, 5) is 28.4. The SMILES string of the molecule is O=C(N[C@@H](c1ccc(Cl)c(Cl)c1)c1cnco1)N1CCc2cnc(CC3CCOCC3)nc2C1. The maximum absolute atomic E-state index is 13.3. The van der Waals surface area contributed by atoms with E-state index in [2.05, 4.69) is 15.3 Å². The molecule has 178 valence electrons. The normalized spacial score (nSPS) is 17.3. The molecule has 1 aromatic carbocycles. The molecule has 10 heteroatoms. The van der Waals surface area contributed by atoms with Crippen LogP contribution in [0.3, 0.4) is 0 Å². The summed E-state index contributed by atoms with van der Waals surface area (Å²) < 4.78 is 11.0. The molecular formula is C24H25Cl2N5O3. The van der Waals surface area contributed by atoms with E-state index in [1.807, 2.05) is 12.3 Å². The first-order chi connectivity index (χ1) is 16.6. The molecule has 1 fully saturated rings. The molecule has 1 N–H and O–H groups in total. The van der Waals surface area contributed by atoms with Crippen molar-refractivity contribution in [1.82, 2.24) is 25.2 Å².